The van der Waals surface area contributed by atoms with Gasteiger partial charge in [0, 0.05) is 27.5 Å². The fourth-order valence-corrected chi connectivity index (χ4v) is 6.64. The number of benzene rings is 7. The minimum atomic E-state index is 0.668. The first-order valence-electron chi connectivity index (χ1n) is 16.5. The molecule has 0 aliphatic heterocycles. The fraction of sp³-hybridized carbons (Fsp3) is 0. The lowest BCUT2D eigenvalue weighted by Crippen LogP contribution is -1.96. The molecule has 0 aliphatic carbocycles. The van der Waals surface area contributed by atoms with E-state index in [1.165, 1.54) is 22.3 Å². The maximum atomic E-state index is 6.40. The normalized spacial score (nSPS) is 11.3. The van der Waals surface area contributed by atoms with Crippen LogP contribution in [0.1, 0.15) is 0 Å². The minimum Gasteiger partial charge on any atom is -0.456 e. The van der Waals surface area contributed by atoms with E-state index in [0.29, 0.717) is 5.82 Å². The van der Waals surface area contributed by atoms with E-state index < -0.39 is 0 Å². The molecule has 230 valence electrons. The predicted octanol–water partition coefficient (Wildman–Crippen LogP) is 12.4. The fourth-order valence-electron chi connectivity index (χ4n) is 6.64. The van der Waals surface area contributed by atoms with Gasteiger partial charge in [0.05, 0.1) is 11.4 Å². The van der Waals surface area contributed by atoms with Crippen molar-refractivity contribution < 1.29 is 4.42 Å². The Morgan fingerprint density at radius 1 is 0.327 bits per heavy atom. The van der Waals surface area contributed by atoms with E-state index in [2.05, 4.69) is 133 Å². The molecule has 2 aromatic heterocycles. The maximum Gasteiger partial charge on any atom is 0.161 e. The van der Waals surface area contributed by atoms with Crippen molar-refractivity contribution in [2.24, 2.45) is 0 Å². The zero-order valence-corrected chi connectivity index (χ0v) is 26.6. The van der Waals surface area contributed by atoms with Gasteiger partial charge in [0.2, 0.25) is 0 Å². The Bertz CT molecular complexity index is 2510. The highest BCUT2D eigenvalue weighted by atomic mass is 16.3. The van der Waals surface area contributed by atoms with Crippen LogP contribution >= 0.6 is 0 Å². The average molecular weight is 627 g/mol. The van der Waals surface area contributed by atoms with Crippen LogP contribution in [-0.4, -0.2) is 9.97 Å². The van der Waals surface area contributed by atoms with E-state index >= 15 is 0 Å². The van der Waals surface area contributed by atoms with Gasteiger partial charge < -0.3 is 4.42 Å². The van der Waals surface area contributed by atoms with Crippen molar-refractivity contribution in [1.82, 2.24) is 9.97 Å². The van der Waals surface area contributed by atoms with Gasteiger partial charge in [-0.25, -0.2) is 9.97 Å². The molecule has 3 heteroatoms. The first-order valence-corrected chi connectivity index (χ1v) is 16.5. The molecule has 0 spiro atoms. The van der Waals surface area contributed by atoms with E-state index in [-0.39, 0.29) is 0 Å². The molecule has 0 fully saturated rings. The second kappa shape index (κ2) is 12.2. The van der Waals surface area contributed by atoms with Gasteiger partial charge >= 0.3 is 0 Å². The lowest BCUT2D eigenvalue weighted by Gasteiger charge is -2.10. The Balaban J connectivity index is 1.13. The average Bonchev–Trinajstić information content (AvgIpc) is 3.57. The lowest BCUT2D eigenvalue weighted by atomic mass is 9.96. The van der Waals surface area contributed by atoms with Crippen molar-refractivity contribution in [1.29, 1.82) is 0 Å². The monoisotopic (exact) mass is 626 g/mol. The van der Waals surface area contributed by atoms with Gasteiger partial charge in [0.25, 0.3) is 0 Å². The molecule has 7 aromatic carbocycles. The molecule has 0 radical (unpaired) electrons. The first-order chi connectivity index (χ1) is 24.3. The number of fused-ring (bicyclic) bond motifs is 3. The SMILES string of the molecule is c1ccc(-c2cccc(-c3ccc(-c4ccc5oc6cccc(-c7nc(-c8ccccc8)cc(-c8ccccc8)n7)c6c5c4)cc3)c2)cc1. The predicted molar refractivity (Wildman–Crippen MR) is 202 cm³/mol. The van der Waals surface area contributed by atoms with Gasteiger partial charge in [-0.15, -0.1) is 0 Å². The summed E-state index contributed by atoms with van der Waals surface area (Å²) in [6.07, 6.45) is 0. The third-order valence-electron chi connectivity index (χ3n) is 9.12. The van der Waals surface area contributed by atoms with Crippen molar-refractivity contribution in [3.8, 4) is 67.3 Å². The molecular weight excluding hydrogens is 597 g/mol. The summed E-state index contributed by atoms with van der Waals surface area (Å²) < 4.78 is 6.40. The summed E-state index contributed by atoms with van der Waals surface area (Å²) in [7, 11) is 0. The molecule has 0 amide bonds. The molecule has 2 heterocycles. The molecule has 9 rings (SSSR count). The summed E-state index contributed by atoms with van der Waals surface area (Å²) in [6, 6.07) is 63.3. The number of rotatable bonds is 6. The van der Waals surface area contributed by atoms with Gasteiger partial charge in [-0.3, -0.25) is 0 Å². The Morgan fingerprint density at radius 3 is 1.39 bits per heavy atom. The van der Waals surface area contributed by atoms with Crippen LogP contribution in [0.5, 0.6) is 0 Å². The molecule has 3 nitrogen and oxygen atoms in total. The van der Waals surface area contributed by atoms with E-state index in [1.54, 1.807) is 0 Å². The molecule has 0 atom stereocenters. The van der Waals surface area contributed by atoms with Gasteiger partial charge in [-0.1, -0.05) is 152 Å². The highest BCUT2D eigenvalue weighted by molar-refractivity contribution is 6.12. The third-order valence-corrected chi connectivity index (χ3v) is 9.12. The topological polar surface area (TPSA) is 38.9 Å². The Labute approximate surface area is 284 Å². The van der Waals surface area contributed by atoms with E-state index in [9.17, 15) is 0 Å². The van der Waals surface area contributed by atoms with Crippen LogP contribution in [0.3, 0.4) is 0 Å². The Hall–Kier alpha value is -6.58. The van der Waals surface area contributed by atoms with Crippen LogP contribution in [0.15, 0.2) is 186 Å². The summed E-state index contributed by atoms with van der Waals surface area (Å²) >= 11 is 0. The van der Waals surface area contributed by atoms with Gasteiger partial charge in [0.15, 0.2) is 5.82 Å². The zero-order valence-electron chi connectivity index (χ0n) is 26.6. The van der Waals surface area contributed by atoms with Crippen molar-refractivity contribution in [2.45, 2.75) is 0 Å². The van der Waals surface area contributed by atoms with Crippen LogP contribution in [0.4, 0.5) is 0 Å². The number of aromatic nitrogens is 2. The number of nitrogens with zero attached hydrogens (tertiary/aromatic N) is 2. The molecule has 0 N–H and O–H groups in total. The van der Waals surface area contributed by atoms with Gasteiger partial charge in [-0.2, -0.15) is 0 Å². The smallest absolute Gasteiger partial charge is 0.161 e. The van der Waals surface area contributed by atoms with E-state index in [0.717, 1.165) is 61.1 Å². The van der Waals surface area contributed by atoms with Gasteiger partial charge in [0.1, 0.15) is 11.2 Å². The van der Waals surface area contributed by atoms with Crippen LogP contribution < -0.4 is 0 Å². The number of furan rings is 1. The molecule has 9 aromatic rings. The zero-order chi connectivity index (χ0) is 32.6. The first kappa shape index (κ1) is 28.6. The second-order valence-corrected chi connectivity index (χ2v) is 12.2. The van der Waals surface area contributed by atoms with Gasteiger partial charge in [-0.05, 0) is 63.7 Å². The molecular formula is C46H30N2O. The second-order valence-electron chi connectivity index (χ2n) is 12.2. The molecule has 0 aliphatic rings. The van der Waals surface area contributed by atoms with Crippen LogP contribution in [0, 0.1) is 0 Å². The highest BCUT2D eigenvalue weighted by Gasteiger charge is 2.17. The van der Waals surface area contributed by atoms with Crippen molar-refractivity contribution in [3.05, 3.63) is 182 Å². The quantitative estimate of drug-likeness (QED) is 0.184. The minimum absolute atomic E-state index is 0.668. The largest absolute Gasteiger partial charge is 0.456 e. The third kappa shape index (κ3) is 5.48. The highest BCUT2D eigenvalue weighted by Crippen LogP contribution is 2.39. The van der Waals surface area contributed by atoms with Crippen LogP contribution in [0.2, 0.25) is 0 Å². The molecule has 0 saturated heterocycles. The summed E-state index contributed by atoms with van der Waals surface area (Å²) in [4.78, 5) is 10.3. The van der Waals surface area contributed by atoms with Crippen molar-refractivity contribution >= 4 is 21.9 Å². The Morgan fingerprint density at radius 2 is 0.796 bits per heavy atom. The van der Waals surface area contributed by atoms with Crippen molar-refractivity contribution in [2.75, 3.05) is 0 Å². The van der Waals surface area contributed by atoms with Crippen LogP contribution in [0.25, 0.3) is 89.2 Å². The maximum absolute atomic E-state index is 6.40. The molecule has 0 unspecified atom stereocenters. The molecule has 0 saturated carbocycles. The summed E-state index contributed by atoms with van der Waals surface area (Å²) in [5.74, 6) is 0.668. The number of hydrogen-bond acceptors (Lipinski definition) is 3. The lowest BCUT2D eigenvalue weighted by molar-refractivity contribution is 0.669. The molecule has 0 bridgehead atoms. The standard InChI is InChI=1S/C46H30N2O/c1-4-12-31(13-5-1)36-18-10-19-37(28-36)32-22-24-33(25-23-32)38-26-27-43-40(29-38)45-39(20-11-21-44(45)49-43)46-47-41(34-14-6-2-7-15-34)30-42(48-46)35-16-8-3-9-17-35/h1-30H. The summed E-state index contributed by atoms with van der Waals surface area (Å²) in [6.45, 7) is 0. The summed E-state index contributed by atoms with van der Waals surface area (Å²) in [5.41, 5.74) is 13.5. The van der Waals surface area contributed by atoms with E-state index in [4.69, 9.17) is 14.4 Å². The Kier molecular flexibility index (Phi) is 7.14. The van der Waals surface area contributed by atoms with E-state index in [1.807, 2.05) is 48.5 Å². The summed E-state index contributed by atoms with van der Waals surface area (Å²) in [5, 5.41) is 2.05. The van der Waals surface area contributed by atoms with Crippen LogP contribution in [-0.2, 0) is 0 Å². The van der Waals surface area contributed by atoms with Crippen molar-refractivity contribution in [3.63, 3.8) is 0 Å². The number of hydrogen-bond donors (Lipinski definition) is 0. The molecule has 49 heavy (non-hydrogen) atoms.